The van der Waals surface area contributed by atoms with E-state index in [1.807, 2.05) is 7.05 Å². The minimum Gasteiger partial charge on any atom is -0.373 e. The van der Waals surface area contributed by atoms with E-state index < -0.39 is 0 Å². The van der Waals surface area contributed by atoms with Gasteiger partial charge < -0.3 is 15.4 Å². The van der Waals surface area contributed by atoms with Crippen LogP contribution >= 0.6 is 0 Å². The fourth-order valence-corrected chi connectivity index (χ4v) is 2.98. The van der Waals surface area contributed by atoms with Crippen molar-refractivity contribution in [1.29, 1.82) is 0 Å². The predicted octanol–water partition coefficient (Wildman–Crippen LogP) is 1.45. The molecule has 0 aromatic carbocycles. The van der Waals surface area contributed by atoms with Crippen molar-refractivity contribution in [2.24, 2.45) is 10.9 Å². The molecule has 5 heteroatoms. The summed E-state index contributed by atoms with van der Waals surface area (Å²) in [5, 5.41) is 6.96. The molecule has 2 rings (SSSR count). The van der Waals surface area contributed by atoms with E-state index in [0.29, 0.717) is 18.2 Å². The topological polar surface area (TPSA) is 48.9 Å². The van der Waals surface area contributed by atoms with Crippen molar-refractivity contribution in [3.05, 3.63) is 0 Å². The Hall–Kier alpha value is -0.810. The van der Waals surface area contributed by atoms with E-state index in [4.69, 9.17) is 4.74 Å². The molecule has 4 atom stereocenters. The number of nitrogens with zero attached hydrogens (tertiary/aromatic N) is 2. The number of hydrogen-bond acceptors (Lipinski definition) is 3. The fraction of sp³-hybridized carbons (Fsp3) is 0.938. The van der Waals surface area contributed by atoms with E-state index in [2.05, 4.69) is 55.1 Å². The minimum atomic E-state index is 0.0824. The van der Waals surface area contributed by atoms with Crippen LogP contribution in [-0.2, 0) is 4.74 Å². The molecule has 2 N–H and O–H groups in total. The summed E-state index contributed by atoms with van der Waals surface area (Å²) in [5.74, 6) is 1.70. The summed E-state index contributed by atoms with van der Waals surface area (Å²) in [6.07, 6.45) is 1.86. The van der Waals surface area contributed by atoms with Crippen LogP contribution in [0.3, 0.4) is 0 Å². The maximum atomic E-state index is 5.83. The van der Waals surface area contributed by atoms with Gasteiger partial charge in [0.15, 0.2) is 5.96 Å². The van der Waals surface area contributed by atoms with Gasteiger partial charge in [-0.25, -0.2) is 0 Å². The summed E-state index contributed by atoms with van der Waals surface area (Å²) in [6.45, 7) is 14.0. The van der Waals surface area contributed by atoms with Gasteiger partial charge in [0.05, 0.1) is 12.2 Å². The Balaban J connectivity index is 1.84. The Morgan fingerprint density at radius 2 is 1.81 bits per heavy atom. The van der Waals surface area contributed by atoms with E-state index in [1.165, 1.54) is 6.42 Å². The lowest BCUT2D eigenvalue weighted by molar-refractivity contribution is -0.0946. The van der Waals surface area contributed by atoms with Crippen LogP contribution in [0.1, 0.15) is 41.0 Å². The highest BCUT2D eigenvalue weighted by Crippen LogP contribution is 2.28. The van der Waals surface area contributed by atoms with Crippen LogP contribution in [0.25, 0.3) is 0 Å². The van der Waals surface area contributed by atoms with Gasteiger partial charge in [0.1, 0.15) is 0 Å². The predicted molar refractivity (Wildman–Crippen MR) is 87.7 cm³/mol. The minimum absolute atomic E-state index is 0.0824. The van der Waals surface area contributed by atoms with Crippen LogP contribution in [0.15, 0.2) is 4.99 Å². The first-order valence-electron chi connectivity index (χ1n) is 8.19. The van der Waals surface area contributed by atoms with Crippen LogP contribution in [0.2, 0.25) is 0 Å². The third-order valence-electron chi connectivity index (χ3n) is 4.62. The first kappa shape index (κ1) is 16.6. The number of guanidine groups is 1. The van der Waals surface area contributed by atoms with Gasteiger partial charge in [-0.1, -0.05) is 6.92 Å². The molecule has 122 valence electrons. The molecule has 0 aromatic rings. The molecule has 1 saturated carbocycles. The Bertz CT molecular complexity index is 372. The van der Waals surface area contributed by atoms with Crippen LogP contribution in [0.5, 0.6) is 0 Å². The van der Waals surface area contributed by atoms with Gasteiger partial charge in [0.25, 0.3) is 0 Å². The Morgan fingerprint density at radius 3 is 2.29 bits per heavy atom. The monoisotopic (exact) mass is 296 g/mol. The molecule has 21 heavy (non-hydrogen) atoms. The Morgan fingerprint density at radius 1 is 1.24 bits per heavy atom. The van der Waals surface area contributed by atoms with Gasteiger partial charge in [0, 0.05) is 38.3 Å². The molecule has 2 aliphatic rings. The van der Waals surface area contributed by atoms with E-state index in [0.717, 1.165) is 31.5 Å². The van der Waals surface area contributed by atoms with Crippen molar-refractivity contribution >= 4 is 5.96 Å². The number of aliphatic imine (C=N–C) groups is 1. The van der Waals surface area contributed by atoms with Crippen molar-refractivity contribution < 1.29 is 4.74 Å². The molecule has 1 aliphatic carbocycles. The van der Waals surface area contributed by atoms with E-state index in [1.54, 1.807) is 0 Å². The second-order valence-electron chi connectivity index (χ2n) is 7.36. The summed E-state index contributed by atoms with van der Waals surface area (Å²) >= 11 is 0. The zero-order chi connectivity index (χ0) is 15.6. The molecule has 0 aromatic heterocycles. The highest BCUT2D eigenvalue weighted by molar-refractivity contribution is 5.80. The molecule has 0 amide bonds. The SMILES string of the molecule is CN=C(NCC(C)(C)N1CC(C)OC(C)C1)NC1CC1C. The van der Waals surface area contributed by atoms with Crippen LogP contribution in [0, 0.1) is 5.92 Å². The average Bonchev–Trinajstić information content (AvgIpc) is 3.09. The van der Waals surface area contributed by atoms with Gasteiger partial charge in [-0.15, -0.1) is 0 Å². The maximum absolute atomic E-state index is 5.83. The van der Waals surface area contributed by atoms with Crippen molar-refractivity contribution in [3.63, 3.8) is 0 Å². The number of ether oxygens (including phenoxy) is 1. The van der Waals surface area contributed by atoms with Crippen molar-refractivity contribution in [3.8, 4) is 0 Å². The smallest absolute Gasteiger partial charge is 0.191 e. The first-order valence-corrected chi connectivity index (χ1v) is 8.19. The van der Waals surface area contributed by atoms with Gasteiger partial charge in [-0.05, 0) is 40.0 Å². The normalized spacial score (nSPS) is 34.7. The van der Waals surface area contributed by atoms with Gasteiger partial charge in [0.2, 0.25) is 0 Å². The average molecular weight is 296 g/mol. The summed E-state index contributed by atoms with van der Waals surface area (Å²) < 4.78 is 5.83. The second kappa shape index (κ2) is 6.53. The lowest BCUT2D eigenvalue weighted by Gasteiger charge is -2.45. The highest BCUT2D eigenvalue weighted by atomic mass is 16.5. The lowest BCUT2D eigenvalue weighted by atomic mass is 10.00. The third-order valence-corrected chi connectivity index (χ3v) is 4.62. The van der Waals surface area contributed by atoms with Crippen LogP contribution < -0.4 is 10.6 Å². The molecule has 1 heterocycles. The molecule has 0 spiro atoms. The molecule has 1 aliphatic heterocycles. The summed E-state index contributed by atoms with van der Waals surface area (Å²) in [5.41, 5.74) is 0.0824. The molecular weight excluding hydrogens is 264 g/mol. The molecule has 5 nitrogen and oxygen atoms in total. The van der Waals surface area contributed by atoms with E-state index in [9.17, 15) is 0 Å². The van der Waals surface area contributed by atoms with Crippen molar-refractivity contribution in [1.82, 2.24) is 15.5 Å². The fourth-order valence-electron chi connectivity index (χ4n) is 2.98. The number of nitrogens with one attached hydrogen (secondary N) is 2. The standard InChI is InChI=1S/C16H32N4O/c1-11-7-14(11)19-15(17-6)18-10-16(4,5)20-8-12(2)21-13(3)9-20/h11-14H,7-10H2,1-6H3,(H2,17,18,19). The van der Waals surface area contributed by atoms with Gasteiger partial charge in [-0.3, -0.25) is 9.89 Å². The van der Waals surface area contributed by atoms with Crippen LogP contribution in [-0.4, -0.2) is 61.3 Å². The van der Waals surface area contributed by atoms with Crippen molar-refractivity contribution in [2.75, 3.05) is 26.7 Å². The second-order valence-corrected chi connectivity index (χ2v) is 7.36. The number of morpholine rings is 1. The largest absolute Gasteiger partial charge is 0.373 e. The zero-order valence-corrected chi connectivity index (χ0v) is 14.4. The molecule has 4 unspecified atom stereocenters. The molecular formula is C16H32N4O. The molecule has 2 fully saturated rings. The van der Waals surface area contributed by atoms with Crippen molar-refractivity contribution in [2.45, 2.75) is 64.8 Å². The van der Waals surface area contributed by atoms with Crippen LogP contribution in [0.4, 0.5) is 0 Å². The number of hydrogen-bond donors (Lipinski definition) is 2. The van der Waals surface area contributed by atoms with E-state index in [-0.39, 0.29) is 5.54 Å². The van der Waals surface area contributed by atoms with E-state index >= 15 is 0 Å². The van der Waals surface area contributed by atoms with Gasteiger partial charge >= 0.3 is 0 Å². The van der Waals surface area contributed by atoms with Gasteiger partial charge in [-0.2, -0.15) is 0 Å². The summed E-state index contributed by atoms with van der Waals surface area (Å²) in [4.78, 5) is 6.85. The summed E-state index contributed by atoms with van der Waals surface area (Å²) in [7, 11) is 1.84. The quantitative estimate of drug-likeness (QED) is 0.609. The maximum Gasteiger partial charge on any atom is 0.191 e. The Kier molecular flexibility index (Phi) is 5.15. The lowest BCUT2D eigenvalue weighted by Crippen LogP contribution is -2.59. The molecule has 1 saturated heterocycles. The Labute approximate surface area is 129 Å². The third kappa shape index (κ3) is 4.58. The number of rotatable bonds is 4. The highest BCUT2D eigenvalue weighted by Gasteiger charge is 2.35. The molecule has 0 radical (unpaired) electrons. The zero-order valence-electron chi connectivity index (χ0n) is 14.4. The first-order chi connectivity index (χ1) is 9.81. The summed E-state index contributed by atoms with van der Waals surface area (Å²) in [6, 6.07) is 0.600. The molecule has 0 bridgehead atoms.